The topological polar surface area (TPSA) is 61.4 Å². The van der Waals surface area contributed by atoms with E-state index in [1.807, 2.05) is 18.4 Å². The second kappa shape index (κ2) is 2.97. The lowest BCUT2D eigenvalue weighted by Crippen LogP contribution is -2.42. The monoisotopic (exact) mass is 178 g/mol. The predicted molar refractivity (Wildman–Crippen MR) is 47.6 cm³/mol. The molecule has 2 rings (SSSR count). The lowest BCUT2D eigenvalue weighted by molar-refractivity contribution is -0.132. The number of aliphatic carboxylic acids is 1. The molecule has 0 aromatic heterocycles. The number of carboxylic acids is 1. The Hall–Kier alpha value is -1.71. The molecular weight excluding hydrogens is 168 g/mol. The molecule has 0 saturated heterocycles. The average molecular weight is 178 g/mol. The third kappa shape index (κ3) is 1.42. The Morgan fingerprint density at radius 1 is 1.54 bits per heavy atom. The Morgan fingerprint density at radius 3 is 3.15 bits per heavy atom. The molecule has 68 valence electrons. The van der Waals surface area contributed by atoms with Gasteiger partial charge in [0.2, 0.25) is 0 Å². The van der Waals surface area contributed by atoms with Gasteiger partial charge < -0.3 is 15.7 Å². The smallest absolute Gasteiger partial charge is 0.333 e. The Balaban J connectivity index is 2.21. The fraction of sp³-hybridized carbons (Fsp3) is 0.222. The van der Waals surface area contributed by atoms with Gasteiger partial charge in [-0.2, -0.15) is 0 Å². The van der Waals surface area contributed by atoms with Crippen LogP contribution in [-0.4, -0.2) is 17.2 Å². The first kappa shape index (κ1) is 7.91. The van der Waals surface area contributed by atoms with Crippen LogP contribution in [0.2, 0.25) is 0 Å². The second-order valence-corrected chi connectivity index (χ2v) is 3.02. The molecule has 0 bridgehead atoms. The van der Waals surface area contributed by atoms with Gasteiger partial charge in [0.1, 0.15) is 6.17 Å². The zero-order chi connectivity index (χ0) is 9.26. The van der Waals surface area contributed by atoms with Crippen LogP contribution in [0.25, 0.3) is 0 Å². The molecule has 0 aliphatic carbocycles. The van der Waals surface area contributed by atoms with Crippen LogP contribution < -0.4 is 10.6 Å². The first-order valence-electron chi connectivity index (χ1n) is 4.07. The van der Waals surface area contributed by atoms with Crippen LogP contribution >= 0.6 is 0 Å². The van der Waals surface area contributed by atoms with Crippen molar-refractivity contribution < 1.29 is 9.90 Å². The van der Waals surface area contributed by atoms with E-state index in [9.17, 15) is 4.79 Å². The number of carboxylic acid groups (broad SMARTS) is 1. The number of nitrogens with one attached hydrogen (secondary N) is 2. The van der Waals surface area contributed by atoms with E-state index in [1.54, 1.807) is 6.20 Å². The fourth-order valence-corrected chi connectivity index (χ4v) is 1.44. The highest BCUT2D eigenvalue weighted by Gasteiger charge is 2.22. The standard InChI is InChI=1S/C9H10N2O2/c12-9(13)7-4-6-2-1-3-10-8(6)11-5-7/h1-3,5,8,10-11H,4H2,(H,12,13). The maximum Gasteiger partial charge on any atom is 0.333 e. The number of hydrogen-bond donors (Lipinski definition) is 3. The molecule has 1 atom stereocenters. The minimum atomic E-state index is -0.860. The quantitative estimate of drug-likeness (QED) is 0.541. The van der Waals surface area contributed by atoms with Crippen molar-refractivity contribution in [1.29, 1.82) is 0 Å². The van der Waals surface area contributed by atoms with E-state index < -0.39 is 5.97 Å². The molecule has 0 aromatic rings. The highest BCUT2D eigenvalue weighted by atomic mass is 16.4. The minimum absolute atomic E-state index is 0.0631. The van der Waals surface area contributed by atoms with Crippen LogP contribution in [0, 0.1) is 0 Å². The number of rotatable bonds is 1. The number of fused-ring (bicyclic) bond motifs is 1. The largest absolute Gasteiger partial charge is 0.478 e. The summed E-state index contributed by atoms with van der Waals surface area (Å²) in [6.45, 7) is 0. The zero-order valence-electron chi connectivity index (χ0n) is 6.95. The second-order valence-electron chi connectivity index (χ2n) is 3.02. The molecule has 0 amide bonds. The molecular formula is C9H10N2O2. The first-order valence-corrected chi connectivity index (χ1v) is 4.07. The Morgan fingerprint density at radius 2 is 2.38 bits per heavy atom. The van der Waals surface area contributed by atoms with Crippen molar-refractivity contribution in [2.75, 3.05) is 0 Å². The molecule has 0 spiro atoms. The van der Waals surface area contributed by atoms with Gasteiger partial charge in [0.15, 0.2) is 0 Å². The number of hydrogen-bond acceptors (Lipinski definition) is 3. The van der Waals surface area contributed by atoms with Crippen LogP contribution in [0.15, 0.2) is 35.7 Å². The lowest BCUT2D eigenvalue weighted by atomic mass is 9.98. The van der Waals surface area contributed by atoms with Gasteiger partial charge in [-0.3, -0.25) is 0 Å². The van der Waals surface area contributed by atoms with Gasteiger partial charge in [-0.15, -0.1) is 0 Å². The molecule has 0 fully saturated rings. The molecule has 13 heavy (non-hydrogen) atoms. The van der Waals surface area contributed by atoms with Crippen LogP contribution in [0.1, 0.15) is 6.42 Å². The molecule has 0 saturated carbocycles. The zero-order valence-corrected chi connectivity index (χ0v) is 6.95. The summed E-state index contributed by atoms with van der Waals surface area (Å²) in [5, 5.41) is 14.8. The number of carbonyl (C=O) groups is 1. The van der Waals surface area contributed by atoms with Gasteiger partial charge in [-0.05, 0) is 17.8 Å². The van der Waals surface area contributed by atoms with Gasteiger partial charge in [0, 0.05) is 12.6 Å². The summed E-state index contributed by atoms with van der Waals surface area (Å²) in [4.78, 5) is 10.7. The summed E-state index contributed by atoms with van der Waals surface area (Å²) in [5.41, 5.74) is 1.46. The van der Waals surface area contributed by atoms with E-state index in [4.69, 9.17) is 5.11 Å². The summed E-state index contributed by atoms with van der Waals surface area (Å²) in [5.74, 6) is -0.860. The Labute approximate surface area is 75.6 Å². The van der Waals surface area contributed by atoms with Crippen molar-refractivity contribution >= 4 is 5.97 Å². The fourth-order valence-electron chi connectivity index (χ4n) is 1.44. The van der Waals surface area contributed by atoms with E-state index >= 15 is 0 Å². The van der Waals surface area contributed by atoms with Gasteiger partial charge >= 0.3 is 5.97 Å². The van der Waals surface area contributed by atoms with Crippen LogP contribution in [0.4, 0.5) is 0 Å². The first-order chi connectivity index (χ1) is 6.27. The van der Waals surface area contributed by atoms with Gasteiger partial charge in [0.25, 0.3) is 0 Å². The highest BCUT2D eigenvalue weighted by molar-refractivity contribution is 5.87. The average Bonchev–Trinajstić information content (AvgIpc) is 2.17. The van der Waals surface area contributed by atoms with Crippen molar-refractivity contribution in [3.63, 3.8) is 0 Å². The normalized spacial score (nSPS) is 24.8. The van der Waals surface area contributed by atoms with Crippen LogP contribution in [-0.2, 0) is 4.79 Å². The van der Waals surface area contributed by atoms with Gasteiger partial charge in [0.05, 0.1) is 5.57 Å². The maximum atomic E-state index is 10.7. The number of allylic oxidation sites excluding steroid dienone is 2. The molecule has 2 heterocycles. The van der Waals surface area contributed by atoms with Crippen molar-refractivity contribution in [2.45, 2.75) is 12.6 Å². The van der Waals surface area contributed by atoms with Crippen molar-refractivity contribution in [3.05, 3.63) is 35.7 Å². The minimum Gasteiger partial charge on any atom is -0.478 e. The molecule has 2 aliphatic heterocycles. The summed E-state index contributed by atoms with van der Waals surface area (Å²) in [6, 6.07) is 0. The molecule has 1 unspecified atom stereocenters. The molecule has 4 heteroatoms. The van der Waals surface area contributed by atoms with Crippen molar-refractivity contribution in [1.82, 2.24) is 10.6 Å². The Kier molecular flexibility index (Phi) is 1.81. The van der Waals surface area contributed by atoms with Gasteiger partial charge in [-0.25, -0.2) is 4.79 Å². The molecule has 0 radical (unpaired) electrons. The third-order valence-electron chi connectivity index (χ3n) is 2.13. The molecule has 2 aliphatic rings. The van der Waals surface area contributed by atoms with Crippen molar-refractivity contribution in [2.24, 2.45) is 0 Å². The van der Waals surface area contributed by atoms with E-state index in [2.05, 4.69) is 10.6 Å². The summed E-state index contributed by atoms with van der Waals surface area (Å²) in [7, 11) is 0. The highest BCUT2D eigenvalue weighted by Crippen LogP contribution is 2.19. The summed E-state index contributed by atoms with van der Waals surface area (Å²) >= 11 is 0. The summed E-state index contributed by atoms with van der Waals surface area (Å²) in [6.07, 6.45) is 7.76. The van der Waals surface area contributed by atoms with Crippen LogP contribution in [0.5, 0.6) is 0 Å². The molecule has 3 N–H and O–H groups in total. The third-order valence-corrected chi connectivity index (χ3v) is 2.13. The maximum absolute atomic E-state index is 10.7. The Bertz CT molecular complexity index is 329. The van der Waals surface area contributed by atoms with E-state index in [0.29, 0.717) is 12.0 Å². The van der Waals surface area contributed by atoms with Crippen LogP contribution in [0.3, 0.4) is 0 Å². The SMILES string of the molecule is O=C(O)C1=CNC2NC=CC=C2C1. The molecule has 4 nitrogen and oxygen atoms in total. The number of dihydropyridines is 1. The summed E-state index contributed by atoms with van der Waals surface area (Å²) < 4.78 is 0. The molecule has 0 aromatic carbocycles. The van der Waals surface area contributed by atoms with E-state index in [-0.39, 0.29) is 6.17 Å². The van der Waals surface area contributed by atoms with Gasteiger partial charge in [-0.1, -0.05) is 6.08 Å². The predicted octanol–water partition coefficient (Wildman–Crippen LogP) is 0.318. The lowest BCUT2D eigenvalue weighted by Gasteiger charge is -2.27. The van der Waals surface area contributed by atoms with Crippen molar-refractivity contribution in [3.8, 4) is 0 Å². The van der Waals surface area contributed by atoms with E-state index in [1.165, 1.54) is 0 Å². The van der Waals surface area contributed by atoms with E-state index in [0.717, 1.165) is 5.57 Å².